The van der Waals surface area contributed by atoms with Gasteiger partial charge in [0.2, 0.25) is 0 Å². The van der Waals surface area contributed by atoms with Crippen LogP contribution >= 0.6 is 0 Å². The normalized spacial score (nSPS) is 24.9. The van der Waals surface area contributed by atoms with E-state index in [1.54, 1.807) is 0 Å². The molecule has 0 aromatic heterocycles. The third-order valence-electron chi connectivity index (χ3n) is 4.98. The summed E-state index contributed by atoms with van der Waals surface area (Å²) in [4.78, 5) is 0. The van der Waals surface area contributed by atoms with Crippen LogP contribution in [0.25, 0.3) is 0 Å². The van der Waals surface area contributed by atoms with Gasteiger partial charge in [0.1, 0.15) is 0 Å². The minimum Gasteiger partial charge on any atom is -0.307 e. The molecule has 1 N–H and O–H groups in total. The zero-order chi connectivity index (χ0) is 14.5. The lowest BCUT2D eigenvalue weighted by atomic mass is 9.79. The zero-order valence-electron chi connectivity index (χ0n) is 13.7. The van der Waals surface area contributed by atoms with E-state index in [1.165, 1.54) is 43.2 Å². The molecule has 0 amide bonds. The second kappa shape index (κ2) is 7.26. The highest BCUT2D eigenvalue weighted by Gasteiger charge is 2.25. The lowest BCUT2D eigenvalue weighted by molar-refractivity contribution is 0.219. The molecular formula is C19H31N. The van der Waals surface area contributed by atoms with Crippen molar-refractivity contribution in [1.29, 1.82) is 0 Å². The summed E-state index contributed by atoms with van der Waals surface area (Å²) in [6.07, 6.45) is 6.71. The highest BCUT2D eigenvalue weighted by atomic mass is 15.0. The Morgan fingerprint density at radius 2 is 1.85 bits per heavy atom. The lowest BCUT2D eigenvalue weighted by Gasteiger charge is -2.34. The summed E-state index contributed by atoms with van der Waals surface area (Å²) in [5.41, 5.74) is 2.80. The van der Waals surface area contributed by atoms with Crippen molar-refractivity contribution >= 4 is 0 Å². The highest BCUT2D eigenvalue weighted by molar-refractivity contribution is 5.24. The summed E-state index contributed by atoms with van der Waals surface area (Å²) in [7, 11) is 0. The first kappa shape index (κ1) is 15.6. The fourth-order valence-corrected chi connectivity index (χ4v) is 3.52. The van der Waals surface area contributed by atoms with Gasteiger partial charge in [-0.1, -0.05) is 63.4 Å². The van der Waals surface area contributed by atoms with E-state index in [9.17, 15) is 0 Å². The topological polar surface area (TPSA) is 12.0 Å². The molecule has 1 saturated carbocycles. The summed E-state index contributed by atoms with van der Waals surface area (Å²) in [6, 6.07) is 10.3. The van der Waals surface area contributed by atoms with Crippen LogP contribution in [0.4, 0.5) is 0 Å². The molecule has 3 atom stereocenters. The molecule has 1 aromatic rings. The first-order valence-electron chi connectivity index (χ1n) is 8.42. The molecule has 20 heavy (non-hydrogen) atoms. The highest BCUT2D eigenvalue weighted by Crippen LogP contribution is 2.31. The van der Waals surface area contributed by atoms with Crippen molar-refractivity contribution in [2.45, 2.75) is 71.9 Å². The minimum atomic E-state index is 0.520. The maximum atomic E-state index is 3.93. The molecule has 1 heteroatoms. The molecule has 0 heterocycles. The number of nitrogens with one attached hydrogen (secondary N) is 1. The van der Waals surface area contributed by atoms with E-state index < -0.39 is 0 Å². The predicted molar refractivity (Wildman–Crippen MR) is 87.9 cm³/mol. The van der Waals surface area contributed by atoms with E-state index in [-0.39, 0.29) is 0 Å². The summed E-state index contributed by atoms with van der Waals surface area (Å²) < 4.78 is 0. The van der Waals surface area contributed by atoms with E-state index in [4.69, 9.17) is 0 Å². The van der Waals surface area contributed by atoms with Crippen molar-refractivity contribution in [2.24, 2.45) is 11.8 Å². The van der Waals surface area contributed by atoms with Crippen LogP contribution < -0.4 is 5.32 Å². The van der Waals surface area contributed by atoms with Crippen LogP contribution in [0.1, 0.15) is 70.0 Å². The summed E-state index contributed by atoms with van der Waals surface area (Å²) in [5, 5.41) is 3.93. The van der Waals surface area contributed by atoms with Crippen molar-refractivity contribution in [3.63, 3.8) is 0 Å². The number of hydrogen-bond acceptors (Lipinski definition) is 1. The number of benzene rings is 1. The average Bonchev–Trinajstić information content (AvgIpc) is 2.46. The number of hydrogen-bond donors (Lipinski definition) is 1. The molecule has 1 nitrogen and oxygen atoms in total. The van der Waals surface area contributed by atoms with Crippen molar-refractivity contribution < 1.29 is 0 Å². The van der Waals surface area contributed by atoms with Gasteiger partial charge in [0, 0.05) is 12.1 Å². The van der Waals surface area contributed by atoms with Crippen LogP contribution in [0.15, 0.2) is 24.3 Å². The van der Waals surface area contributed by atoms with Crippen LogP contribution in [-0.4, -0.2) is 6.04 Å². The Balaban J connectivity index is 1.97. The van der Waals surface area contributed by atoms with Gasteiger partial charge in [-0.15, -0.1) is 0 Å². The molecule has 0 saturated heterocycles. The fraction of sp³-hybridized carbons (Fsp3) is 0.684. The first-order chi connectivity index (χ1) is 9.60. The Morgan fingerprint density at radius 1 is 1.15 bits per heavy atom. The van der Waals surface area contributed by atoms with Crippen LogP contribution in [0.5, 0.6) is 0 Å². The molecular weight excluding hydrogens is 242 g/mol. The van der Waals surface area contributed by atoms with E-state index in [0.29, 0.717) is 12.1 Å². The van der Waals surface area contributed by atoms with Gasteiger partial charge >= 0.3 is 0 Å². The van der Waals surface area contributed by atoms with Gasteiger partial charge in [-0.05, 0) is 43.6 Å². The maximum Gasteiger partial charge on any atom is 0.0320 e. The number of aryl methyl sites for hydroxylation is 1. The standard InChI is InChI=1S/C19H31N/c1-5-19(16-11-9-15(4)10-12-16)20-18-8-6-7-17(13-18)14(2)3/h9-12,14,17-20H,5-8,13H2,1-4H3. The van der Waals surface area contributed by atoms with Crippen LogP contribution in [0, 0.1) is 18.8 Å². The van der Waals surface area contributed by atoms with Gasteiger partial charge in [-0.25, -0.2) is 0 Å². The molecule has 0 aliphatic heterocycles. The quantitative estimate of drug-likeness (QED) is 0.772. The average molecular weight is 273 g/mol. The molecule has 1 aliphatic rings. The third-order valence-corrected chi connectivity index (χ3v) is 4.98. The molecule has 112 valence electrons. The summed E-state index contributed by atoms with van der Waals surface area (Å²) >= 11 is 0. The van der Waals surface area contributed by atoms with Crippen LogP contribution in [0.3, 0.4) is 0 Å². The molecule has 1 aliphatic carbocycles. The van der Waals surface area contributed by atoms with Gasteiger partial charge in [-0.2, -0.15) is 0 Å². The summed E-state index contributed by atoms with van der Waals surface area (Å²) in [6.45, 7) is 9.21. The second-order valence-corrected chi connectivity index (χ2v) is 6.91. The van der Waals surface area contributed by atoms with E-state index in [2.05, 4.69) is 57.3 Å². The minimum absolute atomic E-state index is 0.520. The molecule has 3 unspecified atom stereocenters. The van der Waals surface area contributed by atoms with Gasteiger partial charge in [0.05, 0.1) is 0 Å². The maximum absolute atomic E-state index is 3.93. The van der Waals surface area contributed by atoms with Crippen molar-refractivity contribution in [2.75, 3.05) is 0 Å². The fourth-order valence-electron chi connectivity index (χ4n) is 3.52. The Hall–Kier alpha value is -0.820. The van der Waals surface area contributed by atoms with Crippen molar-refractivity contribution in [3.05, 3.63) is 35.4 Å². The summed E-state index contributed by atoms with van der Waals surface area (Å²) in [5.74, 6) is 1.75. The largest absolute Gasteiger partial charge is 0.307 e. The first-order valence-corrected chi connectivity index (χ1v) is 8.42. The van der Waals surface area contributed by atoms with Crippen LogP contribution in [-0.2, 0) is 0 Å². The number of rotatable bonds is 5. The van der Waals surface area contributed by atoms with E-state index in [1.807, 2.05) is 0 Å². The molecule has 0 spiro atoms. The van der Waals surface area contributed by atoms with Gasteiger partial charge in [-0.3, -0.25) is 0 Å². The lowest BCUT2D eigenvalue weighted by Crippen LogP contribution is -2.37. The molecule has 2 rings (SSSR count). The SMILES string of the molecule is CCC(NC1CCCC(C(C)C)C1)c1ccc(C)cc1. The van der Waals surface area contributed by atoms with Crippen molar-refractivity contribution in [3.8, 4) is 0 Å². The van der Waals surface area contributed by atoms with E-state index in [0.717, 1.165) is 11.8 Å². The monoisotopic (exact) mass is 273 g/mol. The third kappa shape index (κ3) is 4.09. The van der Waals surface area contributed by atoms with Crippen LogP contribution in [0.2, 0.25) is 0 Å². The Morgan fingerprint density at radius 3 is 2.45 bits per heavy atom. The predicted octanol–water partition coefficient (Wildman–Crippen LogP) is 5.25. The van der Waals surface area contributed by atoms with Gasteiger partial charge < -0.3 is 5.32 Å². The molecule has 1 aromatic carbocycles. The van der Waals surface area contributed by atoms with Crippen molar-refractivity contribution in [1.82, 2.24) is 5.32 Å². The van der Waals surface area contributed by atoms with Gasteiger partial charge in [0.25, 0.3) is 0 Å². The Labute approximate surface area is 125 Å². The Kier molecular flexibility index (Phi) is 5.65. The van der Waals surface area contributed by atoms with E-state index >= 15 is 0 Å². The molecule has 0 bridgehead atoms. The molecule has 0 radical (unpaired) electrons. The molecule has 1 fully saturated rings. The van der Waals surface area contributed by atoms with Gasteiger partial charge in [0.15, 0.2) is 0 Å². The Bertz CT molecular complexity index is 393. The smallest absolute Gasteiger partial charge is 0.0320 e. The zero-order valence-corrected chi connectivity index (χ0v) is 13.7. The second-order valence-electron chi connectivity index (χ2n) is 6.91.